The summed E-state index contributed by atoms with van der Waals surface area (Å²) in [6, 6.07) is 6.91. The first-order valence-electron chi connectivity index (χ1n) is 9.18. The summed E-state index contributed by atoms with van der Waals surface area (Å²) in [6.45, 7) is 7.56. The van der Waals surface area contributed by atoms with Gasteiger partial charge in [0.1, 0.15) is 5.82 Å². The summed E-state index contributed by atoms with van der Waals surface area (Å²) in [4.78, 5) is 35.1. The molecule has 2 aromatic rings. The predicted molar refractivity (Wildman–Crippen MR) is 104 cm³/mol. The summed E-state index contributed by atoms with van der Waals surface area (Å²) in [5.41, 5.74) is 3.91. The summed E-state index contributed by atoms with van der Waals surface area (Å²) >= 11 is 0. The van der Waals surface area contributed by atoms with Crippen molar-refractivity contribution in [2.75, 3.05) is 18.4 Å². The van der Waals surface area contributed by atoms with E-state index in [4.69, 9.17) is 0 Å². The maximum absolute atomic E-state index is 12.5. The van der Waals surface area contributed by atoms with Crippen LogP contribution in [0.25, 0.3) is 0 Å². The first kappa shape index (κ1) is 18.8. The highest BCUT2D eigenvalue weighted by Gasteiger charge is 2.20. The molecule has 142 valence electrons. The molecule has 7 heteroatoms. The van der Waals surface area contributed by atoms with Crippen LogP contribution in [-0.4, -0.2) is 39.9 Å². The SMILES string of the molecule is Cc1cc(C)nc(CNC(=O)Nc2ccc(C(=O)N3CCCC3)cc2C)n1. The second-order valence-electron chi connectivity index (χ2n) is 6.90. The Morgan fingerprint density at radius 1 is 1.04 bits per heavy atom. The minimum absolute atomic E-state index is 0.0542. The summed E-state index contributed by atoms with van der Waals surface area (Å²) in [5.74, 6) is 0.629. The van der Waals surface area contributed by atoms with Crippen LogP contribution in [0.1, 0.15) is 46.0 Å². The number of nitrogens with one attached hydrogen (secondary N) is 2. The number of anilines is 1. The van der Waals surface area contributed by atoms with Crippen LogP contribution in [0.2, 0.25) is 0 Å². The molecule has 27 heavy (non-hydrogen) atoms. The number of rotatable bonds is 4. The third kappa shape index (κ3) is 4.81. The van der Waals surface area contributed by atoms with E-state index >= 15 is 0 Å². The van der Waals surface area contributed by atoms with Gasteiger partial charge < -0.3 is 15.5 Å². The molecule has 1 saturated heterocycles. The Hall–Kier alpha value is -2.96. The van der Waals surface area contributed by atoms with E-state index in [-0.39, 0.29) is 18.5 Å². The number of benzene rings is 1. The van der Waals surface area contributed by atoms with Gasteiger partial charge in [-0.15, -0.1) is 0 Å². The van der Waals surface area contributed by atoms with Crippen molar-refractivity contribution in [1.29, 1.82) is 0 Å². The molecule has 0 atom stereocenters. The van der Waals surface area contributed by atoms with E-state index in [9.17, 15) is 9.59 Å². The second-order valence-corrected chi connectivity index (χ2v) is 6.90. The number of amides is 3. The molecular formula is C20H25N5O2. The molecule has 1 fully saturated rings. The Morgan fingerprint density at radius 2 is 1.70 bits per heavy atom. The molecule has 0 bridgehead atoms. The zero-order chi connectivity index (χ0) is 19.4. The zero-order valence-electron chi connectivity index (χ0n) is 16.0. The fraction of sp³-hybridized carbons (Fsp3) is 0.400. The molecule has 0 radical (unpaired) electrons. The van der Waals surface area contributed by atoms with Crippen molar-refractivity contribution >= 4 is 17.6 Å². The van der Waals surface area contributed by atoms with Gasteiger partial charge in [0.15, 0.2) is 0 Å². The van der Waals surface area contributed by atoms with Gasteiger partial charge in [0, 0.05) is 35.7 Å². The van der Waals surface area contributed by atoms with Gasteiger partial charge >= 0.3 is 6.03 Å². The average molecular weight is 367 g/mol. The van der Waals surface area contributed by atoms with Gasteiger partial charge in [-0.2, -0.15) is 0 Å². The zero-order valence-corrected chi connectivity index (χ0v) is 16.0. The van der Waals surface area contributed by atoms with Crippen LogP contribution in [-0.2, 0) is 6.54 Å². The van der Waals surface area contributed by atoms with Gasteiger partial charge in [0.25, 0.3) is 5.91 Å². The van der Waals surface area contributed by atoms with Crippen LogP contribution in [0, 0.1) is 20.8 Å². The molecule has 3 rings (SSSR count). The van der Waals surface area contributed by atoms with Gasteiger partial charge in [0.2, 0.25) is 0 Å². The number of carbonyl (C=O) groups is 2. The van der Waals surface area contributed by atoms with Crippen LogP contribution in [0.5, 0.6) is 0 Å². The van der Waals surface area contributed by atoms with E-state index in [0.717, 1.165) is 42.9 Å². The number of aromatic nitrogens is 2. The van der Waals surface area contributed by atoms with Crippen molar-refractivity contribution in [3.05, 3.63) is 52.6 Å². The number of hydrogen-bond donors (Lipinski definition) is 2. The number of nitrogens with zero attached hydrogens (tertiary/aromatic N) is 3. The van der Waals surface area contributed by atoms with Crippen molar-refractivity contribution in [1.82, 2.24) is 20.2 Å². The van der Waals surface area contributed by atoms with E-state index in [1.165, 1.54) is 0 Å². The standard InChI is InChI=1S/C20H25N5O2/c1-13-10-16(19(26)25-8-4-5-9-25)6-7-17(13)24-20(27)21-12-18-22-14(2)11-15(3)23-18/h6-7,10-11H,4-5,8-9,12H2,1-3H3,(H2,21,24,27). The molecule has 0 saturated carbocycles. The molecule has 0 unspecified atom stereocenters. The summed E-state index contributed by atoms with van der Waals surface area (Å²) in [7, 11) is 0. The molecule has 1 aliphatic heterocycles. The third-order valence-electron chi connectivity index (χ3n) is 4.55. The van der Waals surface area contributed by atoms with Gasteiger partial charge in [-0.05, 0) is 63.4 Å². The molecule has 2 heterocycles. The first-order valence-corrected chi connectivity index (χ1v) is 9.18. The van der Waals surface area contributed by atoms with E-state index in [1.807, 2.05) is 37.8 Å². The van der Waals surface area contributed by atoms with Crippen LogP contribution in [0.3, 0.4) is 0 Å². The lowest BCUT2D eigenvalue weighted by Crippen LogP contribution is -2.30. The molecular weight excluding hydrogens is 342 g/mol. The van der Waals surface area contributed by atoms with Crippen molar-refractivity contribution < 1.29 is 9.59 Å². The normalized spacial score (nSPS) is 13.5. The maximum atomic E-state index is 12.5. The van der Waals surface area contributed by atoms with Crippen LogP contribution < -0.4 is 10.6 Å². The van der Waals surface area contributed by atoms with Gasteiger partial charge in [-0.25, -0.2) is 14.8 Å². The molecule has 1 aromatic carbocycles. The Balaban J connectivity index is 1.59. The van der Waals surface area contributed by atoms with Crippen LogP contribution >= 0.6 is 0 Å². The van der Waals surface area contributed by atoms with E-state index in [0.29, 0.717) is 17.1 Å². The molecule has 2 N–H and O–H groups in total. The third-order valence-corrected chi connectivity index (χ3v) is 4.55. The minimum atomic E-state index is -0.334. The highest BCUT2D eigenvalue weighted by molar-refractivity contribution is 5.96. The Kier molecular flexibility index (Phi) is 5.69. The Morgan fingerprint density at radius 3 is 2.33 bits per heavy atom. The van der Waals surface area contributed by atoms with Crippen molar-refractivity contribution in [2.24, 2.45) is 0 Å². The number of carbonyl (C=O) groups excluding carboxylic acids is 2. The number of urea groups is 1. The van der Waals surface area contributed by atoms with Crippen molar-refractivity contribution in [2.45, 2.75) is 40.2 Å². The van der Waals surface area contributed by atoms with Crippen LogP contribution in [0.15, 0.2) is 24.3 Å². The number of hydrogen-bond acceptors (Lipinski definition) is 4. The predicted octanol–water partition coefficient (Wildman–Crippen LogP) is 2.96. The molecule has 3 amide bonds. The summed E-state index contributed by atoms with van der Waals surface area (Å²) < 4.78 is 0. The molecule has 1 aliphatic rings. The smallest absolute Gasteiger partial charge is 0.319 e. The highest BCUT2D eigenvalue weighted by Crippen LogP contribution is 2.19. The second kappa shape index (κ2) is 8.16. The quantitative estimate of drug-likeness (QED) is 0.870. The average Bonchev–Trinajstić information content (AvgIpc) is 3.15. The number of aryl methyl sites for hydroxylation is 3. The van der Waals surface area contributed by atoms with E-state index in [1.54, 1.807) is 12.1 Å². The molecule has 0 spiro atoms. The molecule has 7 nitrogen and oxygen atoms in total. The first-order chi connectivity index (χ1) is 12.9. The monoisotopic (exact) mass is 367 g/mol. The number of likely N-dealkylation sites (tertiary alicyclic amines) is 1. The fourth-order valence-corrected chi connectivity index (χ4v) is 3.24. The molecule has 1 aromatic heterocycles. The van der Waals surface area contributed by atoms with E-state index < -0.39 is 0 Å². The van der Waals surface area contributed by atoms with Gasteiger partial charge in [0.05, 0.1) is 6.54 Å². The Bertz CT molecular complexity index is 839. The van der Waals surface area contributed by atoms with E-state index in [2.05, 4.69) is 20.6 Å². The lowest BCUT2D eigenvalue weighted by molar-refractivity contribution is 0.0792. The molecule has 0 aliphatic carbocycles. The van der Waals surface area contributed by atoms with Crippen molar-refractivity contribution in [3.8, 4) is 0 Å². The fourth-order valence-electron chi connectivity index (χ4n) is 3.24. The van der Waals surface area contributed by atoms with Gasteiger partial charge in [-0.3, -0.25) is 4.79 Å². The minimum Gasteiger partial charge on any atom is -0.339 e. The lowest BCUT2D eigenvalue weighted by atomic mass is 10.1. The maximum Gasteiger partial charge on any atom is 0.319 e. The van der Waals surface area contributed by atoms with Gasteiger partial charge in [-0.1, -0.05) is 0 Å². The highest BCUT2D eigenvalue weighted by atomic mass is 16.2. The van der Waals surface area contributed by atoms with Crippen LogP contribution in [0.4, 0.5) is 10.5 Å². The lowest BCUT2D eigenvalue weighted by Gasteiger charge is -2.16. The summed E-state index contributed by atoms with van der Waals surface area (Å²) in [5, 5.41) is 5.58. The largest absolute Gasteiger partial charge is 0.339 e. The topological polar surface area (TPSA) is 87.2 Å². The summed E-state index contributed by atoms with van der Waals surface area (Å²) in [6.07, 6.45) is 2.13. The Labute approximate surface area is 159 Å². The van der Waals surface area contributed by atoms with Crippen molar-refractivity contribution in [3.63, 3.8) is 0 Å².